The van der Waals surface area contributed by atoms with Crippen molar-refractivity contribution in [2.75, 3.05) is 13.1 Å². The smallest absolute Gasteiger partial charge is 0.303 e. The number of nitrogens with zero attached hydrogens (tertiary/aromatic N) is 1. The maximum absolute atomic E-state index is 10.7. The molecule has 0 aliphatic carbocycles. The minimum absolute atomic E-state index is 0.150. The van der Waals surface area contributed by atoms with Crippen molar-refractivity contribution in [1.29, 1.82) is 0 Å². The van der Waals surface area contributed by atoms with Crippen LogP contribution in [0.2, 0.25) is 0 Å². The van der Waals surface area contributed by atoms with Gasteiger partial charge in [-0.05, 0) is 66.1 Å². The molecule has 1 fully saturated rings. The van der Waals surface area contributed by atoms with Gasteiger partial charge in [0.25, 0.3) is 0 Å². The van der Waals surface area contributed by atoms with Crippen molar-refractivity contribution in [1.82, 2.24) is 4.90 Å². The predicted molar refractivity (Wildman–Crippen MR) is 127 cm³/mol. The normalized spacial score (nSPS) is 16.2. The van der Waals surface area contributed by atoms with E-state index in [2.05, 4.69) is 59.5 Å². The largest absolute Gasteiger partial charge is 0.489 e. The number of carboxylic acids is 1. The van der Waals surface area contributed by atoms with Gasteiger partial charge in [0, 0.05) is 19.5 Å². The molecule has 32 heavy (non-hydrogen) atoms. The first kappa shape index (κ1) is 22.1. The zero-order chi connectivity index (χ0) is 22.2. The third kappa shape index (κ3) is 6.69. The Morgan fingerprint density at radius 3 is 2.28 bits per heavy atom. The minimum atomic E-state index is -0.773. The minimum Gasteiger partial charge on any atom is -0.489 e. The SMILES string of the molecule is O=C(O)CCc1ccc(OCc2ccc(CN3CCC(Cc4ccccc4)C3)cc2)cc1. The van der Waals surface area contributed by atoms with Crippen LogP contribution >= 0.6 is 0 Å². The van der Waals surface area contributed by atoms with Crippen LogP contribution in [0.5, 0.6) is 5.75 Å². The van der Waals surface area contributed by atoms with Crippen LogP contribution in [-0.4, -0.2) is 29.1 Å². The monoisotopic (exact) mass is 429 g/mol. The molecule has 1 N–H and O–H groups in total. The maximum Gasteiger partial charge on any atom is 0.303 e. The van der Waals surface area contributed by atoms with Crippen LogP contribution < -0.4 is 4.74 Å². The lowest BCUT2D eigenvalue weighted by molar-refractivity contribution is -0.136. The summed E-state index contributed by atoms with van der Waals surface area (Å²) >= 11 is 0. The standard InChI is InChI=1S/C28H31NO3/c30-28(31)15-12-22-10-13-27(14-11-22)32-21-25-8-6-24(7-9-25)19-29-17-16-26(20-29)18-23-4-2-1-3-5-23/h1-11,13-14,26H,12,15-21H2,(H,30,31). The third-order valence-electron chi connectivity index (χ3n) is 6.12. The molecule has 1 atom stereocenters. The van der Waals surface area contributed by atoms with E-state index in [1.807, 2.05) is 24.3 Å². The molecule has 1 saturated heterocycles. The average molecular weight is 430 g/mol. The third-order valence-corrected chi connectivity index (χ3v) is 6.12. The van der Waals surface area contributed by atoms with E-state index in [4.69, 9.17) is 9.84 Å². The number of hydrogen-bond donors (Lipinski definition) is 1. The molecule has 4 heteroatoms. The van der Waals surface area contributed by atoms with E-state index >= 15 is 0 Å². The Morgan fingerprint density at radius 1 is 0.875 bits per heavy atom. The van der Waals surface area contributed by atoms with Crippen LogP contribution in [-0.2, 0) is 30.8 Å². The Kier molecular flexibility index (Phi) is 7.57. The molecule has 0 saturated carbocycles. The van der Waals surface area contributed by atoms with E-state index in [1.165, 1.54) is 37.1 Å². The Bertz CT molecular complexity index is 983. The molecule has 166 valence electrons. The molecule has 3 aromatic carbocycles. The lowest BCUT2D eigenvalue weighted by Gasteiger charge is -2.16. The highest BCUT2D eigenvalue weighted by atomic mass is 16.5. The fourth-order valence-electron chi connectivity index (χ4n) is 4.34. The van der Waals surface area contributed by atoms with Crippen LogP contribution in [0.15, 0.2) is 78.9 Å². The number of carbonyl (C=O) groups is 1. The van der Waals surface area contributed by atoms with Gasteiger partial charge in [-0.3, -0.25) is 9.69 Å². The van der Waals surface area contributed by atoms with E-state index in [0.29, 0.717) is 13.0 Å². The van der Waals surface area contributed by atoms with Gasteiger partial charge < -0.3 is 9.84 Å². The topological polar surface area (TPSA) is 49.8 Å². The quantitative estimate of drug-likeness (QED) is 0.472. The van der Waals surface area contributed by atoms with Gasteiger partial charge in [-0.1, -0.05) is 66.7 Å². The molecule has 1 heterocycles. The van der Waals surface area contributed by atoms with Crippen molar-refractivity contribution in [2.24, 2.45) is 5.92 Å². The summed E-state index contributed by atoms with van der Waals surface area (Å²) in [5.74, 6) is 0.778. The molecule has 4 nitrogen and oxygen atoms in total. The number of likely N-dealkylation sites (tertiary alicyclic amines) is 1. The van der Waals surface area contributed by atoms with Gasteiger partial charge >= 0.3 is 5.97 Å². The lowest BCUT2D eigenvalue weighted by Crippen LogP contribution is -2.20. The summed E-state index contributed by atoms with van der Waals surface area (Å²) in [6, 6.07) is 27.2. The van der Waals surface area contributed by atoms with Crippen LogP contribution in [0.25, 0.3) is 0 Å². The van der Waals surface area contributed by atoms with E-state index in [0.717, 1.165) is 29.3 Å². The van der Waals surface area contributed by atoms with E-state index in [1.54, 1.807) is 0 Å². The van der Waals surface area contributed by atoms with Crippen molar-refractivity contribution in [3.05, 3.63) is 101 Å². The summed E-state index contributed by atoms with van der Waals surface area (Å²) in [6.07, 6.45) is 3.14. The first-order valence-electron chi connectivity index (χ1n) is 11.4. The number of rotatable bonds is 10. The first-order chi connectivity index (χ1) is 15.6. The molecule has 0 aromatic heterocycles. The summed E-state index contributed by atoms with van der Waals surface area (Å²) in [7, 11) is 0. The summed E-state index contributed by atoms with van der Waals surface area (Å²) in [5.41, 5.74) is 4.94. The molecule has 1 unspecified atom stereocenters. The predicted octanol–water partition coefficient (Wildman–Crippen LogP) is 5.35. The average Bonchev–Trinajstić information content (AvgIpc) is 3.25. The Morgan fingerprint density at radius 2 is 1.56 bits per heavy atom. The second-order valence-electron chi connectivity index (χ2n) is 8.72. The molecule has 1 aliphatic rings. The van der Waals surface area contributed by atoms with Crippen molar-refractivity contribution in [3.63, 3.8) is 0 Å². The molecule has 0 amide bonds. The second kappa shape index (κ2) is 11.0. The number of hydrogen-bond acceptors (Lipinski definition) is 3. The highest BCUT2D eigenvalue weighted by Gasteiger charge is 2.22. The van der Waals surface area contributed by atoms with Crippen molar-refractivity contribution >= 4 is 5.97 Å². The van der Waals surface area contributed by atoms with E-state index in [9.17, 15) is 4.79 Å². The van der Waals surface area contributed by atoms with Crippen molar-refractivity contribution in [2.45, 2.75) is 38.8 Å². The Labute approximate surface area is 190 Å². The van der Waals surface area contributed by atoms with E-state index in [-0.39, 0.29) is 6.42 Å². The fourth-order valence-corrected chi connectivity index (χ4v) is 4.34. The number of aryl methyl sites for hydroxylation is 1. The summed E-state index contributed by atoms with van der Waals surface area (Å²) in [5, 5.41) is 8.78. The van der Waals surface area contributed by atoms with Crippen LogP contribution in [0.1, 0.15) is 35.1 Å². The van der Waals surface area contributed by atoms with Crippen LogP contribution in [0.4, 0.5) is 0 Å². The summed E-state index contributed by atoms with van der Waals surface area (Å²) < 4.78 is 5.89. The summed E-state index contributed by atoms with van der Waals surface area (Å²) in [6.45, 7) is 3.87. The Hall–Kier alpha value is -3.11. The molecule has 0 radical (unpaired) electrons. The molecular weight excluding hydrogens is 398 g/mol. The van der Waals surface area contributed by atoms with Gasteiger partial charge in [0.05, 0.1) is 0 Å². The van der Waals surface area contributed by atoms with Gasteiger partial charge in [0.1, 0.15) is 12.4 Å². The second-order valence-corrected chi connectivity index (χ2v) is 8.72. The molecule has 0 spiro atoms. The van der Waals surface area contributed by atoms with Gasteiger partial charge in [-0.15, -0.1) is 0 Å². The van der Waals surface area contributed by atoms with E-state index < -0.39 is 5.97 Å². The summed E-state index contributed by atoms with van der Waals surface area (Å²) in [4.78, 5) is 13.2. The highest BCUT2D eigenvalue weighted by molar-refractivity contribution is 5.67. The first-order valence-corrected chi connectivity index (χ1v) is 11.4. The molecule has 4 rings (SSSR count). The molecule has 3 aromatic rings. The Balaban J connectivity index is 1.21. The van der Waals surface area contributed by atoms with Crippen molar-refractivity contribution < 1.29 is 14.6 Å². The number of ether oxygens (including phenoxy) is 1. The van der Waals surface area contributed by atoms with Gasteiger partial charge in [-0.2, -0.15) is 0 Å². The number of benzene rings is 3. The molecule has 0 bridgehead atoms. The lowest BCUT2D eigenvalue weighted by atomic mass is 9.99. The van der Waals surface area contributed by atoms with Crippen LogP contribution in [0, 0.1) is 5.92 Å². The van der Waals surface area contributed by atoms with Crippen molar-refractivity contribution in [3.8, 4) is 5.75 Å². The molecular formula is C28H31NO3. The number of aliphatic carboxylic acids is 1. The molecule has 1 aliphatic heterocycles. The number of carboxylic acid groups (broad SMARTS) is 1. The zero-order valence-electron chi connectivity index (χ0n) is 18.5. The van der Waals surface area contributed by atoms with Gasteiger partial charge in [0.15, 0.2) is 0 Å². The van der Waals surface area contributed by atoms with Gasteiger partial charge in [-0.25, -0.2) is 0 Å². The van der Waals surface area contributed by atoms with Gasteiger partial charge in [0.2, 0.25) is 0 Å². The van der Waals surface area contributed by atoms with Crippen LogP contribution in [0.3, 0.4) is 0 Å². The fraction of sp³-hybridized carbons (Fsp3) is 0.321. The highest BCUT2D eigenvalue weighted by Crippen LogP contribution is 2.23. The zero-order valence-corrected chi connectivity index (χ0v) is 18.5. The maximum atomic E-state index is 10.7.